The number of ether oxygens (including phenoxy) is 4. The number of amides is 1. The Hall–Kier alpha value is -4.85. The lowest BCUT2D eigenvalue weighted by molar-refractivity contribution is -0.161. The molecular formula is C41H38Cl2F3N3O7. The van der Waals surface area contributed by atoms with Crippen molar-refractivity contribution in [2.75, 3.05) is 26.2 Å². The molecule has 3 aliphatic heterocycles. The van der Waals surface area contributed by atoms with E-state index in [1.165, 1.54) is 73.1 Å². The molecule has 0 spiro atoms. The van der Waals surface area contributed by atoms with Crippen LogP contribution in [0.2, 0.25) is 10.0 Å². The second-order valence-corrected chi connectivity index (χ2v) is 15.0. The standard InChI is InChI=1S/C41H38Cl2F3N3O7/c42-31-19-47-20-32(43)30(31)18-34(25-9-10-33(56-41(45)46)35(17-25)53-22-23-7-8-23)54-39(51)28-5-1-4-27(15-28)38(50)48-37(26-3-2-6-29(44)16-26)40(52)55-36-21-49-13-11-24(36)12-14-49/h1-6,9-10,15-17,19-20,23-24,34,36-37,41H,7-8,11-14,18,21-22H2,(H,48,50)/t34-,36-,37?/m0/s1. The summed E-state index contributed by atoms with van der Waals surface area (Å²) in [5, 5.41) is 3.09. The van der Waals surface area contributed by atoms with Crippen molar-refractivity contribution < 1.29 is 46.5 Å². The number of hydrogen-bond donors (Lipinski definition) is 1. The third-order valence-corrected chi connectivity index (χ3v) is 10.9. The summed E-state index contributed by atoms with van der Waals surface area (Å²) in [7, 11) is 0. The lowest BCUT2D eigenvalue weighted by Crippen LogP contribution is -2.52. The Morgan fingerprint density at radius 2 is 1.61 bits per heavy atom. The van der Waals surface area contributed by atoms with Gasteiger partial charge in [-0.25, -0.2) is 14.0 Å². The van der Waals surface area contributed by atoms with Gasteiger partial charge in [0.25, 0.3) is 5.91 Å². The predicted octanol–water partition coefficient (Wildman–Crippen LogP) is 8.17. The maximum atomic E-state index is 14.4. The van der Waals surface area contributed by atoms with Crippen LogP contribution in [0.25, 0.3) is 0 Å². The summed E-state index contributed by atoms with van der Waals surface area (Å²) in [5.74, 6) is -2.52. The van der Waals surface area contributed by atoms with E-state index in [0.717, 1.165) is 44.8 Å². The van der Waals surface area contributed by atoms with E-state index in [9.17, 15) is 27.6 Å². The van der Waals surface area contributed by atoms with Gasteiger partial charge in [0.05, 0.1) is 22.2 Å². The second-order valence-electron chi connectivity index (χ2n) is 14.2. The van der Waals surface area contributed by atoms with Crippen molar-refractivity contribution in [3.05, 3.63) is 123 Å². The number of pyridine rings is 1. The van der Waals surface area contributed by atoms with Crippen molar-refractivity contribution in [2.24, 2.45) is 11.8 Å². The zero-order chi connectivity index (χ0) is 39.3. The van der Waals surface area contributed by atoms with Crippen molar-refractivity contribution in [1.82, 2.24) is 15.2 Å². The molecule has 0 radical (unpaired) electrons. The minimum Gasteiger partial charge on any atom is -0.489 e. The van der Waals surface area contributed by atoms with Crippen LogP contribution in [0, 0.1) is 17.7 Å². The Morgan fingerprint density at radius 3 is 2.29 bits per heavy atom. The number of halogens is 5. The fraction of sp³-hybridized carbons (Fsp3) is 0.366. The summed E-state index contributed by atoms with van der Waals surface area (Å²) in [6.45, 7) is -0.343. The lowest BCUT2D eigenvalue weighted by Gasteiger charge is -2.44. The number of fused-ring (bicyclic) bond motifs is 3. The highest BCUT2D eigenvalue weighted by atomic mass is 35.5. The van der Waals surface area contributed by atoms with Gasteiger partial charge in [0.1, 0.15) is 18.0 Å². The van der Waals surface area contributed by atoms with Crippen LogP contribution >= 0.6 is 23.2 Å². The first kappa shape index (κ1) is 39.4. The molecule has 10 nitrogen and oxygen atoms in total. The van der Waals surface area contributed by atoms with E-state index in [1.54, 1.807) is 0 Å². The van der Waals surface area contributed by atoms with Crippen LogP contribution < -0.4 is 14.8 Å². The van der Waals surface area contributed by atoms with E-state index in [1.807, 2.05) is 0 Å². The lowest BCUT2D eigenvalue weighted by atomic mass is 9.86. The van der Waals surface area contributed by atoms with Gasteiger partial charge >= 0.3 is 18.6 Å². The molecule has 294 valence electrons. The Morgan fingerprint density at radius 1 is 0.875 bits per heavy atom. The molecular weight excluding hydrogens is 774 g/mol. The normalized spacial score (nSPS) is 19.9. The number of piperidine rings is 3. The van der Waals surface area contributed by atoms with Gasteiger partial charge in [-0.15, -0.1) is 0 Å². The van der Waals surface area contributed by atoms with Crippen LogP contribution in [0.5, 0.6) is 11.5 Å². The molecule has 3 saturated heterocycles. The SMILES string of the molecule is O=C(NC(C(=O)O[C@H]1CN2CCC1CC2)c1cccc(F)c1)c1cccc(C(=O)O[C@@H](Cc2c(Cl)cncc2Cl)c2ccc(OC(F)F)c(OCC3CC3)c2)c1. The monoisotopic (exact) mass is 811 g/mol. The summed E-state index contributed by atoms with van der Waals surface area (Å²) < 4.78 is 63.4. The van der Waals surface area contributed by atoms with Gasteiger partial charge in [0, 0.05) is 30.9 Å². The molecule has 4 heterocycles. The third kappa shape index (κ3) is 9.74. The number of nitrogens with one attached hydrogen (secondary N) is 1. The molecule has 4 aromatic rings. The average Bonchev–Trinajstić information content (AvgIpc) is 4.02. The van der Waals surface area contributed by atoms with Gasteiger partial charge in [0.2, 0.25) is 0 Å². The van der Waals surface area contributed by atoms with Gasteiger partial charge in [-0.1, -0.05) is 47.5 Å². The molecule has 3 atom stereocenters. The van der Waals surface area contributed by atoms with Crippen LogP contribution in [0.3, 0.4) is 0 Å². The van der Waals surface area contributed by atoms with E-state index in [-0.39, 0.29) is 56.7 Å². The zero-order valence-corrected chi connectivity index (χ0v) is 31.5. The third-order valence-electron chi connectivity index (χ3n) is 10.2. The Balaban J connectivity index is 1.13. The summed E-state index contributed by atoms with van der Waals surface area (Å²) in [4.78, 5) is 47.4. The molecule has 1 saturated carbocycles. The molecule has 4 fully saturated rings. The van der Waals surface area contributed by atoms with E-state index in [4.69, 9.17) is 42.1 Å². The summed E-state index contributed by atoms with van der Waals surface area (Å²) in [6.07, 6.45) is 5.00. The van der Waals surface area contributed by atoms with Gasteiger partial charge in [-0.05, 0) is 110 Å². The number of alkyl halides is 2. The molecule has 15 heteroatoms. The van der Waals surface area contributed by atoms with E-state index >= 15 is 0 Å². The fourth-order valence-electron chi connectivity index (χ4n) is 6.99. The Bertz CT molecular complexity index is 2060. The highest BCUT2D eigenvalue weighted by Gasteiger charge is 2.38. The van der Waals surface area contributed by atoms with Gasteiger partial charge < -0.3 is 24.3 Å². The smallest absolute Gasteiger partial charge is 0.387 e. The van der Waals surface area contributed by atoms with Crippen LogP contribution in [-0.2, 0) is 20.7 Å². The molecule has 56 heavy (non-hydrogen) atoms. The molecule has 1 aliphatic carbocycles. The first-order chi connectivity index (χ1) is 27.0. The average molecular weight is 813 g/mol. The van der Waals surface area contributed by atoms with Crippen molar-refractivity contribution in [2.45, 2.75) is 57.0 Å². The van der Waals surface area contributed by atoms with Gasteiger partial charge in [0.15, 0.2) is 17.5 Å². The number of aromatic nitrogens is 1. The predicted molar refractivity (Wildman–Crippen MR) is 200 cm³/mol. The summed E-state index contributed by atoms with van der Waals surface area (Å²) in [5.41, 5.74) is 0.966. The van der Waals surface area contributed by atoms with Crippen LogP contribution in [0.1, 0.15) is 75.2 Å². The van der Waals surface area contributed by atoms with Crippen molar-refractivity contribution in [3.8, 4) is 11.5 Å². The van der Waals surface area contributed by atoms with E-state index in [2.05, 4.69) is 15.2 Å². The Kier molecular flexibility index (Phi) is 12.3. The highest BCUT2D eigenvalue weighted by Crippen LogP contribution is 2.38. The molecule has 1 amide bonds. The van der Waals surface area contributed by atoms with Crippen molar-refractivity contribution >= 4 is 41.0 Å². The molecule has 4 aliphatic rings. The number of benzene rings is 3. The molecule has 1 aromatic heterocycles. The van der Waals surface area contributed by atoms with Gasteiger partial charge in [-0.3, -0.25) is 14.7 Å². The molecule has 1 N–H and O–H groups in total. The fourth-order valence-corrected chi connectivity index (χ4v) is 7.51. The first-order valence-corrected chi connectivity index (χ1v) is 19.1. The van der Waals surface area contributed by atoms with E-state index in [0.29, 0.717) is 30.2 Å². The number of hydrogen-bond acceptors (Lipinski definition) is 9. The minimum absolute atomic E-state index is 0.0116. The minimum atomic E-state index is -3.10. The second kappa shape index (κ2) is 17.5. The van der Waals surface area contributed by atoms with Crippen LogP contribution in [0.4, 0.5) is 13.2 Å². The number of esters is 2. The summed E-state index contributed by atoms with van der Waals surface area (Å²) >= 11 is 12.9. The number of carbonyl (C=O) groups excluding carboxylic acids is 3. The molecule has 3 aromatic carbocycles. The first-order valence-electron chi connectivity index (χ1n) is 18.3. The largest absolute Gasteiger partial charge is 0.489 e. The summed E-state index contributed by atoms with van der Waals surface area (Å²) in [6, 6.07) is 13.9. The van der Waals surface area contributed by atoms with Crippen LogP contribution in [0.15, 0.2) is 79.1 Å². The number of rotatable bonds is 15. The topological polar surface area (TPSA) is 116 Å². The Labute approximate surface area is 331 Å². The zero-order valence-electron chi connectivity index (χ0n) is 30.0. The molecule has 8 rings (SSSR count). The number of carbonyl (C=O) groups is 3. The maximum Gasteiger partial charge on any atom is 0.387 e. The van der Waals surface area contributed by atoms with Crippen molar-refractivity contribution in [3.63, 3.8) is 0 Å². The van der Waals surface area contributed by atoms with Crippen LogP contribution in [-0.4, -0.2) is 66.7 Å². The van der Waals surface area contributed by atoms with Crippen molar-refractivity contribution in [1.29, 1.82) is 0 Å². The molecule has 2 bridgehead atoms. The maximum absolute atomic E-state index is 14.4. The molecule has 1 unspecified atom stereocenters. The quantitative estimate of drug-likeness (QED) is 0.119. The van der Waals surface area contributed by atoms with Gasteiger partial charge in [-0.2, -0.15) is 8.78 Å². The number of nitrogens with zero attached hydrogens (tertiary/aromatic N) is 2. The van der Waals surface area contributed by atoms with E-state index < -0.39 is 42.4 Å². The highest BCUT2D eigenvalue weighted by molar-refractivity contribution is 6.35.